The first kappa shape index (κ1) is 7.23. The lowest BCUT2D eigenvalue weighted by Gasteiger charge is -2.04. The Hall–Kier alpha value is -0.770. The van der Waals surface area contributed by atoms with Crippen LogP contribution in [0.15, 0.2) is 0 Å². The van der Waals surface area contributed by atoms with E-state index >= 15 is 0 Å². The van der Waals surface area contributed by atoms with E-state index in [0.29, 0.717) is 0 Å². The molecule has 8 heavy (non-hydrogen) atoms. The molecule has 48 valence electrons. The Labute approximate surface area is 47.2 Å². The molecule has 0 aliphatic carbocycles. The van der Waals surface area contributed by atoms with Gasteiger partial charge in [-0.05, 0) is 6.92 Å². The van der Waals surface area contributed by atoms with E-state index < -0.39 is 12.3 Å². The maximum Gasteiger partial charge on any atom is 0.506 e. The van der Waals surface area contributed by atoms with Gasteiger partial charge >= 0.3 is 6.16 Å². The van der Waals surface area contributed by atoms with Crippen LogP contribution in [0.3, 0.4) is 0 Å². The van der Waals surface area contributed by atoms with Crippen molar-refractivity contribution in [2.24, 2.45) is 5.73 Å². The van der Waals surface area contributed by atoms with Crippen LogP contribution in [0.4, 0.5) is 4.79 Å². The van der Waals surface area contributed by atoms with Crippen LogP contribution in [-0.2, 0) is 4.74 Å². The molecule has 0 saturated heterocycles. The molecular weight excluding hydrogens is 110 g/mol. The number of ether oxygens (including phenoxy) is 1. The van der Waals surface area contributed by atoms with E-state index in [1.54, 1.807) is 6.92 Å². The van der Waals surface area contributed by atoms with E-state index in [1.807, 2.05) is 0 Å². The maximum absolute atomic E-state index is 9.69. The predicted molar refractivity (Wildman–Crippen MR) is 27.6 cm³/mol. The third-order valence-electron chi connectivity index (χ3n) is 0.634. The fraction of sp³-hybridized carbons (Fsp3) is 0.750. The van der Waals surface area contributed by atoms with Crippen LogP contribution in [0.25, 0.3) is 0 Å². The van der Waals surface area contributed by atoms with Gasteiger partial charge in [-0.15, -0.1) is 0 Å². The molecule has 0 aromatic rings. The van der Waals surface area contributed by atoms with Crippen molar-refractivity contribution in [3.63, 3.8) is 0 Å². The number of rotatable bonds is 2. The Kier molecular flexibility index (Phi) is 2.95. The molecular formula is C4H9NO3. The van der Waals surface area contributed by atoms with Gasteiger partial charge in [-0.3, -0.25) is 0 Å². The Bertz CT molecular complexity index is 83.4. The van der Waals surface area contributed by atoms with E-state index in [-0.39, 0.29) is 6.54 Å². The summed E-state index contributed by atoms with van der Waals surface area (Å²) in [7, 11) is 0. The first-order chi connectivity index (χ1) is 3.66. The van der Waals surface area contributed by atoms with Crippen LogP contribution < -0.4 is 5.73 Å². The zero-order valence-electron chi connectivity index (χ0n) is 4.63. The van der Waals surface area contributed by atoms with E-state index in [0.717, 1.165) is 0 Å². The van der Waals surface area contributed by atoms with E-state index in [9.17, 15) is 4.79 Å². The van der Waals surface area contributed by atoms with Crippen LogP contribution >= 0.6 is 0 Å². The highest BCUT2D eigenvalue weighted by molar-refractivity contribution is 5.57. The van der Waals surface area contributed by atoms with Gasteiger partial charge in [0.2, 0.25) is 0 Å². The fourth-order valence-corrected chi connectivity index (χ4v) is 0.220. The monoisotopic (exact) mass is 119 g/mol. The lowest BCUT2D eigenvalue weighted by molar-refractivity contribution is 0.0622. The summed E-state index contributed by atoms with van der Waals surface area (Å²) in [5.74, 6) is 0. The lowest BCUT2D eigenvalue weighted by atomic mass is 10.4. The standard InChI is InChI=1S/C4H9NO3/c1-3(2-5)8-4(6)7/h3H,2,5H2,1H3,(H,6,7). The number of hydrogen-bond acceptors (Lipinski definition) is 3. The molecule has 0 fully saturated rings. The molecule has 0 amide bonds. The average Bonchev–Trinajstić information content (AvgIpc) is 1.65. The van der Waals surface area contributed by atoms with Crippen molar-refractivity contribution in [2.45, 2.75) is 13.0 Å². The molecule has 4 nitrogen and oxygen atoms in total. The van der Waals surface area contributed by atoms with Crippen molar-refractivity contribution in [2.75, 3.05) is 6.54 Å². The van der Waals surface area contributed by atoms with Crippen molar-refractivity contribution in [3.05, 3.63) is 0 Å². The third-order valence-corrected chi connectivity index (χ3v) is 0.634. The second-order valence-corrected chi connectivity index (χ2v) is 1.43. The van der Waals surface area contributed by atoms with Gasteiger partial charge in [0.15, 0.2) is 0 Å². The minimum Gasteiger partial charge on any atom is -0.450 e. The van der Waals surface area contributed by atoms with Crippen LogP contribution in [0.2, 0.25) is 0 Å². The topological polar surface area (TPSA) is 72.5 Å². The van der Waals surface area contributed by atoms with Crippen LogP contribution in [0.5, 0.6) is 0 Å². The number of carbonyl (C=O) groups is 1. The SMILES string of the molecule is CC(CN)OC(=O)O. The summed E-state index contributed by atoms with van der Waals surface area (Å²) >= 11 is 0. The van der Waals surface area contributed by atoms with Gasteiger partial charge in [0.1, 0.15) is 6.10 Å². The normalized spacial score (nSPS) is 12.8. The summed E-state index contributed by atoms with van der Waals surface area (Å²) in [4.78, 5) is 9.69. The molecule has 0 radical (unpaired) electrons. The molecule has 0 aromatic carbocycles. The average molecular weight is 119 g/mol. The fourth-order valence-electron chi connectivity index (χ4n) is 0.220. The Morgan fingerprint density at radius 3 is 2.62 bits per heavy atom. The molecule has 0 aliphatic heterocycles. The first-order valence-corrected chi connectivity index (χ1v) is 2.26. The summed E-state index contributed by atoms with van der Waals surface area (Å²) in [6, 6.07) is 0. The summed E-state index contributed by atoms with van der Waals surface area (Å²) < 4.78 is 4.19. The first-order valence-electron chi connectivity index (χ1n) is 2.26. The van der Waals surface area contributed by atoms with Gasteiger partial charge < -0.3 is 15.6 Å². The van der Waals surface area contributed by atoms with Gasteiger partial charge in [-0.25, -0.2) is 4.79 Å². The zero-order valence-corrected chi connectivity index (χ0v) is 4.63. The number of hydrogen-bond donors (Lipinski definition) is 2. The summed E-state index contributed by atoms with van der Waals surface area (Å²) in [6.45, 7) is 1.82. The van der Waals surface area contributed by atoms with E-state index in [1.165, 1.54) is 0 Å². The molecule has 0 heterocycles. The molecule has 0 saturated carbocycles. The van der Waals surface area contributed by atoms with Crippen LogP contribution in [0.1, 0.15) is 6.92 Å². The highest BCUT2D eigenvalue weighted by Crippen LogP contribution is 1.85. The van der Waals surface area contributed by atoms with Gasteiger partial charge in [-0.2, -0.15) is 0 Å². The van der Waals surface area contributed by atoms with Crippen molar-refractivity contribution in [1.82, 2.24) is 0 Å². The Morgan fingerprint density at radius 2 is 2.50 bits per heavy atom. The Balaban J connectivity index is 3.24. The molecule has 1 unspecified atom stereocenters. The van der Waals surface area contributed by atoms with Crippen molar-refractivity contribution >= 4 is 6.16 Å². The van der Waals surface area contributed by atoms with Crippen LogP contribution in [0, 0.1) is 0 Å². The van der Waals surface area contributed by atoms with Gasteiger partial charge in [0, 0.05) is 6.54 Å². The molecule has 0 spiro atoms. The summed E-state index contributed by atoms with van der Waals surface area (Å²) in [5.41, 5.74) is 5.03. The highest BCUT2D eigenvalue weighted by atomic mass is 16.7. The number of carboxylic acid groups (broad SMARTS) is 1. The van der Waals surface area contributed by atoms with Gasteiger partial charge in [0.05, 0.1) is 0 Å². The summed E-state index contributed by atoms with van der Waals surface area (Å²) in [5, 5.41) is 7.94. The van der Waals surface area contributed by atoms with Gasteiger partial charge in [0.25, 0.3) is 0 Å². The quantitative estimate of drug-likeness (QED) is 0.503. The molecule has 4 heteroatoms. The van der Waals surface area contributed by atoms with Gasteiger partial charge in [-0.1, -0.05) is 0 Å². The zero-order chi connectivity index (χ0) is 6.57. The van der Waals surface area contributed by atoms with E-state index in [4.69, 9.17) is 10.8 Å². The third kappa shape index (κ3) is 3.42. The maximum atomic E-state index is 9.69. The molecule has 0 bridgehead atoms. The second-order valence-electron chi connectivity index (χ2n) is 1.43. The second kappa shape index (κ2) is 3.26. The smallest absolute Gasteiger partial charge is 0.450 e. The lowest BCUT2D eigenvalue weighted by Crippen LogP contribution is -2.22. The minimum atomic E-state index is -1.28. The van der Waals surface area contributed by atoms with E-state index in [2.05, 4.69) is 4.74 Å². The van der Waals surface area contributed by atoms with Crippen molar-refractivity contribution in [3.8, 4) is 0 Å². The molecule has 0 aliphatic rings. The van der Waals surface area contributed by atoms with Crippen LogP contribution in [-0.4, -0.2) is 23.9 Å². The summed E-state index contributed by atoms with van der Waals surface area (Å²) in [6.07, 6.45) is -1.67. The predicted octanol–water partition coefficient (Wildman–Crippen LogP) is 0.0282. The molecule has 0 rings (SSSR count). The van der Waals surface area contributed by atoms with Crippen molar-refractivity contribution < 1.29 is 14.6 Å². The minimum absolute atomic E-state index is 0.228. The molecule has 3 N–H and O–H groups in total. The molecule has 1 atom stereocenters. The van der Waals surface area contributed by atoms with Crippen molar-refractivity contribution in [1.29, 1.82) is 0 Å². The Morgan fingerprint density at radius 1 is 2.00 bits per heavy atom. The molecule has 0 aromatic heterocycles. The largest absolute Gasteiger partial charge is 0.506 e. The number of nitrogens with two attached hydrogens (primary N) is 1. The highest BCUT2D eigenvalue weighted by Gasteiger charge is 2.02.